The van der Waals surface area contributed by atoms with Crippen molar-refractivity contribution in [1.82, 2.24) is 5.32 Å². The van der Waals surface area contributed by atoms with E-state index in [0.29, 0.717) is 23.4 Å². The number of thiol groups is 1. The number of rotatable bonds is 0. The maximum atomic E-state index is 10.6. The van der Waals surface area contributed by atoms with Gasteiger partial charge in [0, 0.05) is 6.42 Å². The van der Waals surface area contributed by atoms with Crippen molar-refractivity contribution in [2.45, 2.75) is 12.8 Å². The lowest BCUT2D eigenvalue weighted by Crippen LogP contribution is -2.25. The van der Waals surface area contributed by atoms with Gasteiger partial charge in [0.1, 0.15) is 0 Å². The second-order valence-electron chi connectivity index (χ2n) is 1.99. The minimum Gasteiger partial charge on any atom is -0.320 e. The van der Waals surface area contributed by atoms with Crippen molar-refractivity contribution < 1.29 is 4.79 Å². The molecule has 0 atom stereocenters. The fraction of sp³-hybridized carbons (Fsp3) is 0.333. The number of nitriles is 1. The Morgan fingerprint density at radius 2 is 2.30 bits per heavy atom. The van der Waals surface area contributed by atoms with Crippen molar-refractivity contribution in [3.05, 3.63) is 10.6 Å². The third-order valence-electron chi connectivity index (χ3n) is 1.28. The van der Waals surface area contributed by atoms with Gasteiger partial charge in [0.25, 0.3) is 0 Å². The number of carbonyl (C=O) groups is 1. The predicted octanol–water partition coefficient (Wildman–Crippen LogP) is 0.561. The van der Waals surface area contributed by atoms with Crippen molar-refractivity contribution in [2.75, 3.05) is 0 Å². The molecule has 0 aromatic carbocycles. The molecule has 0 unspecified atom stereocenters. The standard InChI is InChI=1S/C6H6N2OS/c7-3-4-1-2-5(9)8-6(4)10/h10H,1-2H2,(H,8,9). The van der Waals surface area contributed by atoms with Crippen LogP contribution in [0.3, 0.4) is 0 Å². The molecular formula is C6H6N2OS. The van der Waals surface area contributed by atoms with Crippen LogP contribution in [0, 0.1) is 11.3 Å². The molecule has 0 radical (unpaired) electrons. The molecule has 0 saturated carbocycles. The highest BCUT2D eigenvalue weighted by Crippen LogP contribution is 2.15. The molecule has 0 bridgehead atoms. The van der Waals surface area contributed by atoms with Crippen molar-refractivity contribution in [2.24, 2.45) is 0 Å². The van der Waals surface area contributed by atoms with Crippen LogP contribution in [-0.2, 0) is 4.79 Å². The summed E-state index contributed by atoms with van der Waals surface area (Å²) in [7, 11) is 0. The lowest BCUT2D eigenvalue weighted by molar-refractivity contribution is -0.120. The second-order valence-corrected chi connectivity index (χ2v) is 2.43. The van der Waals surface area contributed by atoms with E-state index in [4.69, 9.17) is 5.26 Å². The fourth-order valence-corrected chi connectivity index (χ4v) is 1.02. The quantitative estimate of drug-likeness (QED) is 0.501. The van der Waals surface area contributed by atoms with E-state index >= 15 is 0 Å². The average molecular weight is 154 g/mol. The van der Waals surface area contributed by atoms with Crippen LogP contribution < -0.4 is 5.32 Å². The number of hydrogen-bond donors (Lipinski definition) is 2. The zero-order chi connectivity index (χ0) is 7.56. The Morgan fingerprint density at radius 1 is 1.60 bits per heavy atom. The summed E-state index contributed by atoms with van der Waals surface area (Å²) in [4.78, 5) is 10.6. The summed E-state index contributed by atoms with van der Waals surface area (Å²) in [5.41, 5.74) is 0.558. The number of carbonyl (C=O) groups excluding carboxylic acids is 1. The Labute approximate surface area is 64.1 Å². The van der Waals surface area contributed by atoms with Gasteiger partial charge in [-0.25, -0.2) is 0 Å². The van der Waals surface area contributed by atoms with Crippen molar-refractivity contribution in [1.29, 1.82) is 5.26 Å². The van der Waals surface area contributed by atoms with Crippen LogP contribution in [0.5, 0.6) is 0 Å². The van der Waals surface area contributed by atoms with Crippen molar-refractivity contribution >= 4 is 18.5 Å². The molecule has 0 saturated heterocycles. The maximum absolute atomic E-state index is 10.6. The van der Waals surface area contributed by atoms with Gasteiger partial charge in [-0.15, -0.1) is 12.6 Å². The zero-order valence-electron chi connectivity index (χ0n) is 5.22. The second kappa shape index (κ2) is 2.76. The van der Waals surface area contributed by atoms with E-state index in [1.54, 1.807) is 0 Å². The van der Waals surface area contributed by atoms with Crippen molar-refractivity contribution in [3.63, 3.8) is 0 Å². The summed E-state index contributed by atoms with van der Waals surface area (Å²) < 4.78 is 0. The van der Waals surface area contributed by atoms with Gasteiger partial charge in [-0.2, -0.15) is 5.26 Å². The molecule has 4 heteroatoms. The topological polar surface area (TPSA) is 52.9 Å². The van der Waals surface area contributed by atoms with Gasteiger partial charge >= 0.3 is 0 Å². The van der Waals surface area contributed by atoms with E-state index in [0.717, 1.165) is 0 Å². The molecule has 0 aromatic rings. The summed E-state index contributed by atoms with van der Waals surface area (Å²) in [5.74, 6) is -0.0657. The predicted molar refractivity (Wildman–Crippen MR) is 39.0 cm³/mol. The highest BCUT2D eigenvalue weighted by Gasteiger charge is 2.14. The summed E-state index contributed by atoms with van der Waals surface area (Å²) >= 11 is 3.92. The van der Waals surface area contributed by atoms with E-state index in [-0.39, 0.29) is 5.91 Å². The van der Waals surface area contributed by atoms with Crippen LogP contribution in [0.25, 0.3) is 0 Å². The first-order valence-corrected chi connectivity index (χ1v) is 3.31. The smallest absolute Gasteiger partial charge is 0.225 e. The molecule has 1 aliphatic rings. The molecule has 1 aliphatic heterocycles. The Balaban J connectivity index is 2.83. The number of hydrogen-bond acceptors (Lipinski definition) is 3. The third kappa shape index (κ3) is 1.31. The Bertz CT molecular complexity index is 239. The molecule has 10 heavy (non-hydrogen) atoms. The van der Waals surface area contributed by atoms with Crippen LogP contribution in [0.4, 0.5) is 0 Å². The largest absolute Gasteiger partial charge is 0.320 e. The SMILES string of the molecule is N#CC1=C(S)NC(=O)CC1. The Hall–Kier alpha value is -0.950. The van der Waals surface area contributed by atoms with Crippen molar-refractivity contribution in [3.8, 4) is 6.07 Å². The molecule has 0 spiro atoms. The van der Waals surface area contributed by atoms with E-state index in [1.165, 1.54) is 0 Å². The number of nitrogens with one attached hydrogen (secondary N) is 1. The summed E-state index contributed by atoms with van der Waals surface area (Å²) in [6.45, 7) is 0. The lowest BCUT2D eigenvalue weighted by atomic mass is 10.1. The van der Waals surface area contributed by atoms with Crippen LogP contribution >= 0.6 is 12.6 Å². The van der Waals surface area contributed by atoms with E-state index < -0.39 is 0 Å². The summed E-state index contributed by atoms with van der Waals surface area (Å²) in [6, 6.07) is 1.96. The third-order valence-corrected chi connectivity index (χ3v) is 1.66. The highest BCUT2D eigenvalue weighted by molar-refractivity contribution is 7.84. The molecule has 3 nitrogen and oxygen atoms in total. The van der Waals surface area contributed by atoms with Gasteiger partial charge in [0.05, 0.1) is 16.7 Å². The molecule has 0 aliphatic carbocycles. The maximum Gasteiger partial charge on any atom is 0.225 e. The summed E-state index contributed by atoms with van der Waals surface area (Å²) in [6.07, 6.45) is 0.911. The molecule has 52 valence electrons. The van der Waals surface area contributed by atoms with Gasteiger partial charge in [0.15, 0.2) is 0 Å². The Morgan fingerprint density at radius 3 is 2.80 bits per heavy atom. The minimum absolute atomic E-state index is 0.0657. The molecule has 0 aromatic heterocycles. The van der Waals surface area contributed by atoms with Gasteiger partial charge in [0.2, 0.25) is 5.91 Å². The monoisotopic (exact) mass is 154 g/mol. The number of nitrogens with zero attached hydrogens (tertiary/aromatic N) is 1. The lowest BCUT2D eigenvalue weighted by Gasteiger charge is -2.11. The Kier molecular flexibility index (Phi) is 1.97. The fourth-order valence-electron chi connectivity index (χ4n) is 0.736. The van der Waals surface area contributed by atoms with Gasteiger partial charge in [-0.05, 0) is 6.42 Å². The van der Waals surface area contributed by atoms with E-state index in [1.807, 2.05) is 6.07 Å². The zero-order valence-corrected chi connectivity index (χ0v) is 6.11. The van der Waals surface area contributed by atoms with Crippen LogP contribution in [0.1, 0.15) is 12.8 Å². The van der Waals surface area contributed by atoms with E-state index in [9.17, 15) is 4.79 Å². The highest BCUT2D eigenvalue weighted by atomic mass is 32.1. The first kappa shape index (κ1) is 7.16. The molecule has 0 fully saturated rings. The number of amides is 1. The molecule has 1 amide bonds. The van der Waals surface area contributed by atoms with Crippen LogP contribution in [0.15, 0.2) is 10.6 Å². The van der Waals surface area contributed by atoms with Crippen LogP contribution in [-0.4, -0.2) is 5.91 Å². The summed E-state index contributed by atoms with van der Waals surface area (Å²) in [5, 5.41) is 11.3. The van der Waals surface area contributed by atoms with E-state index in [2.05, 4.69) is 17.9 Å². The first-order chi connectivity index (χ1) is 4.74. The molecular weight excluding hydrogens is 148 g/mol. The molecule has 1 rings (SSSR count). The minimum atomic E-state index is -0.0657. The normalized spacial score (nSPS) is 18.2. The number of allylic oxidation sites excluding steroid dienone is 1. The van der Waals surface area contributed by atoms with Gasteiger partial charge in [-0.3, -0.25) is 4.79 Å². The molecule has 1 N–H and O–H groups in total. The van der Waals surface area contributed by atoms with Gasteiger partial charge < -0.3 is 5.32 Å². The average Bonchev–Trinajstić information content (AvgIpc) is 1.88. The first-order valence-electron chi connectivity index (χ1n) is 2.86. The molecule has 1 heterocycles. The van der Waals surface area contributed by atoms with Crippen LogP contribution in [0.2, 0.25) is 0 Å². The van der Waals surface area contributed by atoms with Gasteiger partial charge in [-0.1, -0.05) is 0 Å².